The number of aryl methyl sites for hydroxylation is 2. The number of methoxy groups -OCH3 is 2. The molecule has 4 rings (SSSR count). The molecule has 0 N–H and O–H groups in total. The quantitative estimate of drug-likeness (QED) is 0.299. The minimum absolute atomic E-state index is 0.450. The lowest BCUT2D eigenvalue weighted by Gasteiger charge is -2.12. The standard InChI is InChI=1S/C32H38O2/c1-17(2)23-13-11-19(5)27-25(15-23)21(7)31(33-9)29(27)30-28-20(6)12-14-24(18(3)4)16-26(28)22(8)32(30)34-10/h11-18H,1-10H3. The second kappa shape index (κ2) is 8.98. The Balaban J connectivity index is 2.19. The Hall–Kier alpha value is -3.00. The summed E-state index contributed by atoms with van der Waals surface area (Å²) in [5.41, 5.74) is 14.8. The van der Waals surface area contributed by atoms with Crippen molar-refractivity contribution in [2.75, 3.05) is 14.2 Å². The van der Waals surface area contributed by atoms with Crippen LogP contribution in [0, 0.1) is 27.7 Å². The van der Waals surface area contributed by atoms with Crippen molar-refractivity contribution in [3.05, 3.63) is 69.8 Å². The van der Waals surface area contributed by atoms with Crippen LogP contribution in [0.3, 0.4) is 0 Å². The first kappa shape index (κ1) is 24.1. The topological polar surface area (TPSA) is 18.5 Å². The summed E-state index contributed by atoms with van der Waals surface area (Å²) in [6.07, 6.45) is 0. The zero-order valence-corrected chi connectivity index (χ0v) is 22.4. The zero-order chi connectivity index (χ0) is 24.9. The van der Waals surface area contributed by atoms with E-state index in [1.807, 2.05) is 0 Å². The molecule has 0 amide bonds. The largest absolute Gasteiger partial charge is 0.496 e. The van der Waals surface area contributed by atoms with Gasteiger partial charge in [0.25, 0.3) is 0 Å². The van der Waals surface area contributed by atoms with Gasteiger partial charge in [-0.2, -0.15) is 0 Å². The summed E-state index contributed by atoms with van der Waals surface area (Å²) in [5, 5.41) is 0. The first-order valence-corrected chi connectivity index (χ1v) is 12.3. The lowest BCUT2D eigenvalue weighted by molar-refractivity contribution is 0.409. The Bertz CT molecular complexity index is 1210. The number of fused-ring (bicyclic) bond motifs is 2. The zero-order valence-electron chi connectivity index (χ0n) is 22.4. The van der Waals surface area contributed by atoms with Gasteiger partial charge in [-0.3, -0.25) is 0 Å². The van der Waals surface area contributed by atoms with E-state index >= 15 is 0 Å². The minimum atomic E-state index is 0.450. The van der Waals surface area contributed by atoms with Crippen LogP contribution < -0.4 is 9.47 Å². The molecule has 34 heavy (non-hydrogen) atoms. The lowest BCUT2D eigenvalue weighted by atomic mass is 9.94. The Morgan fingerprint density at radius 1 is 0.529 bits per heavy atom. The van der Waals surface area contributed by atoms with Crippen molar-refractivity contribution in [1.29, 1.82) is 0 Å². The third kappa shape index (κ3) is 3.64. The normalized spacial score (nSPS) is 11.8. The number of rotatable bonds is 5. The van der Waals surface area contributed by atoms with E-state index in [1.54, 1.807) is 14.2 Å². The monoisotopic (exact) mass is 454 g/mol. The molecule has 2 nitrogen and oxygen atoms in total. The molecule has 0 fully saturated rings. The molecule has 0 bridgehead atoms. The van der Waals surface area contributed by atoms with E-state index in [0.717, 1.165) is 22.6 Å². The molecular weight excluding hydrogens is 416 g/mol. The summed E-state index contributed by atoms with van der Waals surface area (Å²) in [4.78, 5) is 0. The van der Waals surface area contributed by atoms with E-state index < -0.39 is 0 Å². The molecule has 0 spiro atoms. The molecule has 2 heteroatoms. The van der Waals surface area contributed by atoms with Crippen LogP contribution in [0.4, 0.5) is 0 Å². The highest BCUT2D eigenvalue weighted by atomic mass is 16.5. The number of hydrogen-bond acceptors (Lipinski definition) is 2. The second-order valence-corrected chi connectivity index (χ2v) is 10.3. The maximum Gasteiger partial charge on any atom is 0.131 e. The average Bonchev–Trinajstić information content (AvgIpc) is 3.03. The summed E-state index contributed by atoms with van der Waals surface area (Å²) < 4.78 is 12.3. The van der Waals surface area contributed by atoms with Crippen molar-refractivity contribution >= 4 is 0 Å². The van der Waals surface area contributed by atoms with Crippen LogP contribution >= 0.6 is 0 Å². The fourth-order valence-corrected chi connectivity index (χ4v) is 5.42. The van der Waals surface area contributed by atoms with Crippen LogP contribution in [0.1, 0.15) is 72.9 Å². The molecule has 0 unspecified atom stereocenters. The van der Waals surface area contributed by atoms with Crippen LogP contribution in [0.15, 0.2) is 36.4 Å². The maximum absolute atomic E-state index is 6.13. The Morgan fingerprint density at radius 2 is 0.882 bits per heavy atom. The number of hydrogen-bond donors (Lipinski definition) is 0. The van der Waals surface area contributed by atoms with Crippen molar-refractivity contribution in [1.82, 2.24) is 0 Å². The Kier molecular flexibility index (Phi) is 6.38. The van der Waals surface area contributed by atoms with E-state index in [9.17, 15) is 0 Å². The molecule has 0 heterocycles. The van der Waals surface area contributed by atoms with Gasteiger partial charge in [0.2, 0.25) is 0 Å². The van der Waals surface area contributed by atoms with Crippen molar-refractivity contribution in [3.63, 3.8) is 0 Å². The van der Waals surface area contributed by atoms with Gasteiger partial charge >= 0.3 is 0 Å². The smallest absolute Gasteiger partial charge is 0.131 e. The van der Waals surface area contributed by atoms with Gasteiger partial charge in [0, 0.05) is 11.1 Å². The summed E-state index contributed by atoms with van der Waals surface area (Å²) in [5.74, 6) is 2.79. The minimum Gasteiger partial charge on any atom is -0.496 e. The molecule has 0 aromatic rings. The Labute approximate surface area is 205 Å². The molecule has 0 saturated carbocycles. The molecule has 4 aliphatic carbocycles. The van der Waals surface area contributed by atoms with Crippen molar-refractivity contribution in [3.8, 4) is 44.9 Å². The van der Waals surface area contributed by atoms with Gasteiger partial charge < -0.3 is 9.47 Å². The fourth-order valence-electron chi connectivity index (χ4n) is 5.42. The van der Waals surface area contributed by atoms with Crippen LogP contribution in [0.5, 0.6) is 11.5 Å². The molecule has 0 radical (unpaired) electrons. The van der Waals surface area contributed by atoms with Crippen LogP contribution in [-0.2, 0) is 0 Å². The van der Waals surface area contributed by atoms with Gasteiger partial charge in [-0.15, -0.1) is 0 Å². The highest BCUT2D eigenvalue weighted by molar-refractivity contribution is 6.06. The molecule has 0 aromatic heterocycles. The summed E-state index contributed by atoms with van der Waals surface area (Å²) in [6, 6.07) is 13.7. The molecule has 178 valence electrons. The molecule has 0 atom stereocenters. The van der Waals surface area contributed by atoms with E-state index in [2.05, 4.69) is 91.8 Å². The predicted octanol–water partition coefficient (Wildman–Crippen LogP) is 9.06. The third-order valence-corrected chi connectivity index (χ3v) is 7.44. The first-order valence-electron chi connectivity index (χ1n) is 12.3. The highest BCUT2D eigenvalue weighted by Gasteiger charge is 2.32. The molecule has 0 saturated heterocycles. The van der Waals surface area contributed by atoms with E-state index in [-0.39, 0.29) is 0 Å². The molecule has 4 aliphatic rings. The highest BCUT2D eigenvalue weighted by Crippen LogP contribution is 2.57. The van der Waals surface area contributed by atoms with Crippen LogP contribution in [-0.4, -0.2) is 14.2 Å². The van der Waals surface area contributed by atoms with E-state index in [4.69, 9.17) is 9.47 Å². The average molecular weight is 455 g/mol. The summed E-state index contributed by atoms with van der Waals surface area (Å²) >= 11 is 0. The van der Waals surface area contributed by atoms with Crippen LogP contribution in [0.2, 0.25) is 0 Å². The first-order chi connectivity index (χ1) is 16.1. The van der Waals surface area contributed by atoms with Gasteiger partial charge in [0.1, 0.15) is 11.5 Å². The van der Waals surface area contributed by atoms with Crippen molar-refractivity contribution in [2.45, 2.75) is 67.2 Å². The maximum atomic E-state index is 6.13. The van der Waals surface area contributed by atoms with Gasteiger partial charge in [-0.25, -0.2) is 0 Å². The van der Waals surface area contributed by atoms with Crippen molar-refractivity contribution < 1.29 is 9.47 Å². The van der Waals surface area contributed by atoms with E-state index in [1.165, 1.54) is 55.6 Å². The van der Waals surface area contributed by atoms with Gasteiger partial charge in [-0.1, -0.05) is 64.1 Å². The third-order valence-electron chi connectivity index (χ3n) is 7.44. The predicted molar refractivity (Wildman–Crippen MR) is 145 cm³/mol. The SMILES string of the molecule is COc1c(C)c2cc(C(C)C)ccc(C)c-2c1-c1c(OC)c(C)c2cc(C(C)C)ccc(C)c1-2. The summed E-state index contributed by atoms with van der Waals surface area (Å²) in [6.45, 7) is 17.8. The molecular formula is C32H38O2. The van der Waals surface area contributed by atoms with Gasteiger partial charge in [0.05, 0.1) is 14.2 Å². The number of ether oxygens (including phenoxy) is 2. The van der Waals surface area contributed by atoms with E-state index in [0.29, 0.717) is 11.8 Å². The fraction of sp³-hybridized carbons (Fsp3) is 0.375. The van der Waals surface area contributed by atoms with Gasteiger partial charge in [0.15, 0.2) is 0 Å². The molecule has 0 aromatic carbocycles. The second-order valence-electron chi connectivity index (χ2n) is 10.3. The molecule has 0 aliphatic heterocycles. The van der Waals surface area contributed by atoms with Gasteiger partial charge in [-0.05, 0) is 95.2 Å². The Morgan fingerprint density at radius 3 is 1.18 bits per heavy atom. The van der Waals surface area contributed by atoms with Crippen molar-refractivity contribution in [2.24, 2.45) is 0 Å². The summed E-state index contributed by atoms with van der Waals surface area (Å²) in [7, 11) is 3.58. The van der Waals surface area contributed by atoms with Crippen LogP contribution in [0.25, 0.3) is 33.4 Å². The lowest BCUT2D eigenvalue weighted by Crippen LogP contribution is -1.90.